The van der Waals surface area contributed by atoms with E-state index in [9.17, 15) is 4.39 Å². The molecule has 0 aliphatic heterocycles. The lowest BCUT2D eigenvalue weighted by Gasteiger charge is -2.31. The molecule has 21 heavy (non-hydrogen) atoms. The minimum absolute atomic E-state index is 0.221. The Morgan fingerprint density at radius 3 is 2.62 bits per heavy atom. The first-order valence-corrected chi connectivity index (χ1v) is 8.20. The van der Waals surface area contributed by atoms with Crippen molar-refractivity contribution in [3.8, 4) is 0 Å². The van der Waals surface area contributed by atoms with Crippen molar-refractivity contribution in [2.24, 2.45) is 11.7 Å². The van der Waals surface area contributed by atoms with Gasteiger partial charge in [0.25, 0.3) is 0 Å². The van der Waals surface area contributed by atoms with E-state index >= 15 is 0 Å². The second kappa shape index (κ2) is 7.32. The number of hydrogen-bond acceptors (Lipinski definition) is 2. The number of thiocarbonyl (C=S) groups is 1. The molecule has 116 valence electrons. The Morgan fingerprint density at radius 2 is 2.05 bits per heavy atom. The second-order valence-electron chi connectivity index (χ2n) is 6.43. The molecular weight excluding hydrogens is 283 g/mol. The second-order valence-corrected chi connectivity index (χ2v) is 6.87. The van der Waals surface area contributed by atoms with E-state index in [0.29, 0.717) is 16.9 Å². The van der Waals surface area contributed by atoms with E-state index in [0.717, 1.165) is 24.2 Å². The average Bonchev–Trinajstić information content (AvgIpc) is 2.90. The molecule has 4 heteroatoms. The highest BCUT2D eigenvalue weighted by Gasteiger charge is 2.24. The van der Waals surface area contributed by atoms with Gasteiger partial charge in [0.1, 0.15) is 10.8 Å². The molecule has 0 atom stereocenters. The Bertz CT molecular complexity index is 496. The number of rotatable bonds is 6. The van der Waals surface area contributed by atoms with E-state index < -0.39 is 0 Å². The third-order valence-electron chi connectivity index (χ3n) is 4.15. The molecule has 1 fully saturated rings. The summed E-state index contributed by atoms with van der Waals surface area (Å²) in [5, 5.41) is 0. The van der Waals surface area contributed by atoms with Crippen LogP contribution in [0.1, 0.15) is 50.7 Å². The molecule has 0 heterocycles. The van der Waals surface area contributed by atoms with Crippen molar-refractivity contribution in [1.29, 1.82) is 0 Å². The summed E-state index contributed by atoms with van der Waals surface area (Å²) >= 11 is 5.11. The summed E-state index contributed by atoms with van der Waals surface area (Å²) in [5.74, 6) is 0.369. The van der Waals surface area contributed by atoms with E-state index in [-0.39, 0.29) is 5.82 Å². The minimum atomic E-state index is -0.221. The fourth-order valence-corrected chi connectivity index (χ4v) is 3.43. The van der Waals surface area contributed by atoms with Crippen LogP contribution in [0, 0.1) is 11.7 Å². The number of halogens is 1. The molecule has 0 spiro atoms. The molecule has 2 nitrogen and oxygen atoms in total. The van der Waals surface area contributed by atoms with E-state index in [1.54, 1.807) is 12.1 Å². The predicted octanol–water partition coefficient (Wildman–Crippen LogP) is 3.86. The van der Waals surface area contributed by atoms with E-state index in [1.807, 2.05) is 0 Å². The van der Waals surface area contributed by atoms with Gasteiger partial charge in [0.05, 0.1) is 0 Å². The summed E-state index contributed by atoms with van der Waals surface area (Å²) in [7, 11) is 0. The van der Waals surface area contributed by atoms with Gasteiger partial charge < -0.3 is 5.73 Å². The maximum Gasteiger partial charge on any atom is 0.123 e. The topological polar surface area (TPSA) is 29.3 Å². The summed E-state index contributed by atoms with van der Waals surface area (Å²) in [5.41, 5.74) is 7.50. The van der Waals surface area contributed by atoms with Gasteiger partial charge in [0, 0.05) is 24.7 Å². The fraction of sp³-hybridized carbons (Fsp3) is 0.588. The van der Waals surface area contributed by atoms with Gasteiger partial charge in [-0.25, -0.2) is 4.39 Å². The van der Waals surface area contributed by atoms with Crippen LogP contribution in [0.25, 0.3) is 0 Å². The lowest BCUT2D eigenvalue weighted by molar-refractivity contribution is 0.168. The zero-order chi connectivity index (χ0) is 15.4. The van der Waals surface area contributed by atoms with Crippen LogP contribution in [0.2, 0.25) is 0 Å². The monoisotopic (exact) mass is 308 g/mol. The molecule has 0 aromatic heterocycles. The molecule has 2 rings (SSSR count). The van der Waals surface area contributed by atoms with Crippen LogP contribution in [-0.2, 0) is 6.54 Å². The Labute approximate surface area is 132 Å². The number of nitrogens with two attached hydrogens (primary N) is 1. The number of hydrogen-bond donors (Lipinski definition) is 1. The largest absolute Gasteiger partial charge is 0.389 e. The van der Waals surface area contributed by atoms with Crippen molar-refractivity contribution in [3.63, 3.8) is 0 Å². The van der Waals surface area contributed by atoms with Gasteiger partial charge in [0.2, 0.25) is 0 Å². The van der Waals surface area contributed by atoms with Crippen molar-refractivity contribution >= 4 is 17.2 Å². The molecule has 1 saturated carbocycles. The number of nitrogens with zero attached hydrogens (tertiary/aromatic N) is 1. The van der Waals surface area contributed by atoms with Crippen LogP contribution in [0.4, 0.5) is 4.39 Å². The molecule has 1 aromatic rings. The summed E-state index contributed by atoms with van der Waals surface area (Å²) in [6.07, 6.45) is 5.07. The van der Waals surface area contributed by atoms with Crippen LogP contribution >= 0.6 is 12.2 Å². The van der Waals surface area contributed by atoms with Crippen LogP contribution in [0.5, 0.6) is 0 Å². The summed E-state index contributed by atoms with van der Waals surface area (Å²) < 4.78 is 13.6. The van der Waals surface area contributed by atoms with E-state index in [1.165, 1.54) is 31.7 Å². The van der Waals surface area contributed by atoms with E-state index in [2.05, 4.69) is 18.7 Å². The maximum absolute atomic E-state index is 13.6. The first-order chi connectivity index (χ1) is 9.97. The van der Waals surface area contributed by atoms with E-state index in [4.69, 9.17) is 18.0 Å². The summed E-state index contributed by atoms with van der Waals surface area (Å²) in [6, 6.07) is 5.32. The van der Waals surface area contributed by atoms with Gasteiger partial charge in [-0.05, 0) is 42.5 Å². The third kappa shape index (κ3) is 4.48. The zero-order valence-corrected chi connectivity index (χ0v) is 13.8. The number of benzene rings is 1. The predicted molar refractivity (Wildman–Crippen MR) is 89.8 cm³/mol. The van der Waals surface area contributed by atoms with Crippen molar-refractivity contribution in [3.05, 3.63) is 35.1 Å². The highest BCUT2D eigenvalue weighted by atomic mass is 32.1. The van der Waals surface area contributed by atoms with Crippen LogP contribution in [0.3, 0.4) is 0 Å². The first-order valence-electron chi connectivity index (χ1n) is 7.79. The van der Waals surface area contributed by atoms with Crippen LogP contribution in [0.15, 0.2) is 18.2 Å². The normalized spacial score (nSPS) is 16.0. The highest BCUT2D eigenvalue weighted by molar-refractivity contribution is 7.80. The summed E-state index contributed by atoms with van der Waals surface area (Å²) in [4.78, 5) is 2.83. The van der Waals surface area contributed by atoms with Gasteiger partial charge in [0.15, 0.2) is 0 Å². The summed E-state index contributed by atoms with van der Waals surface area (Å²) in [6.45, 7) is 6.20. The van der Waals surface area contributed by atoms with Gasteiger partial charge in [-0.15, -0.1) is 0 Å². The smallest absolute Gasteiger partial charge is 0.123 e. The SMILES string of the molecule is CC(C)CN(Cc1cc(F)ccc1C(N)=S)C1CCCC1. The van der Waals surface area contributed by atoms with Gasteiger partial charge in [-0.3, -0.25) is 4.90 Å². The molecule has 2 N–H and O–H groups in total. The fourth-order valence-electron chi connectivity index (χ4n) is 3.23. The average molecular weight is 308 g/mol. The molecule has 1 aliphatic carbocycles. The Kier molecular flexibility index (Phi) is 5.71. The van der Waals surface area contributed by atoms with Gasteiger partial charge in [-0.2, -0.15) is 0 Å². The van der Waals surface area contributed by atoms with Gasteiger partial charge in [-0.1, -0.05) is 38.9 Å². The van der Waals surface area contributed by atoms with Crippen molar-refractivity contribution in [1.82, 2.24) is 4.90 Å². The maximum atomic E-state index is 13.6. The molecule has 0 amide bonds. The Morgan fingerprint density at radius 1 is 1.38 bits per heavy atom. The zero-order valence-electron chi connectivity index (χ0n) is 12.9. The highest BCUT2D eigenvalue weighted by Crippen LogP contribution is 2.26. The Hall–Kier alpha value is -1.00. The van der Waals surface area contributed by atoms with Crippen LogP contribution < -0.4 is 5.73 Å². The molecule has 1 aromatic carbocycles. The van der Waals surface area contributed by atoms with Crippen molar-refractivity contribution in [2.45, 2.75) is 52.1 Å². The third-order valence-corrected chi connectivity index (χ3v) is 4.37. The molecule has 0 bridgehead atoms. The minimum Gasteiger partial charge on any atom is -0.389 e. The molecule has 0 unspecified atom stereocenters. The lowest BCUT2D eigenvalue weighted by Crippen LogP contribution is -2.36. The van der Waals surface area contributed by atoms with Crippen LogP contribution in [-0.4, -0.2) is 22.5 Å². The molecule has 1 aliphatic rings. The first kappa shape index (κ1) is 16.4. The van der Waals surface area contributed by atoms with Crippen molar-refractivity contribution in [2.75, 3.05) is 6.54 Å². The molecule has 0 radical (unpaired) electrons. The van der Waals surface area contributed by atoms with Gasteiger partial charge >= 0.3 is 0 Å². The molecule has 0 saturated heterocycles. The quantitative estimate of drug-likeness (QED) is 0.809. The Balaban J connectivity index is 2.22. The van der Waals surface area contributed by atoms with Crippen molar-refractivity contribution < 1.29 is 4.39 Å². The lowest BCUT2D eigenvalue weighted by atomic mass is 10.0. The molecular formula is C17H25FN2S. The standard InChI is InChI=1S/C17H25FN2S/c1-12(2)10-20(15-5-3-4-6-15)11-13-9-14(18)7-8-16(13)17(19)21/h7-9,12,15H,3-6,10-11H2,1-2H3,(H2,19,21).